The van der Waals surface area contributed by atoms with Gasteiger partial charge >= 0.3 is 0 Å². The highest BCUT2D eigenvalue weighted by atomic mass is 35.5. The van der Waals surface area contributed by atoms with E-state index in [0.717, 1.165) is 0 Å². The van der Waals surface area contributed by atoms with Crippen molar-refractivity contribution in [1.29, 1.82) is 5.41 Å². The zero-order valence-electron chi connectivity index (χ0n) is 18.1. The van der Waals surface area contributed by atoms with Gasteiger partial charge in [0, 0.05) is 17.8 Å². The summed E-state index contributed by atoms with van der Waals surface area (Å²) < 4.78 is 24.1. The lowest BCUT2D eigenvalue weighted by molar-refractivity contribution is -0.132. The largest absolute Gasteiger partial charge is 0.346 e. The number of nitrogens with zero attached hydrogens (tertiary/aromatic N) is 2. The van der Waals surface area contributed by atoms with Gasteiger partial charge in [-0.2, -0.15) is 0 Å². The van der Waals surface area contributed by atoms with Crippen molar-refractivity contribution in [1.82, 2.24) is 15.2 Å². The number of aromatic nitrogens is 1. The quantitative estimate of drug-likeness (QED) is 0.610. The Morgan fingerprint density at radius 3 is 2.58 bits per heavy atom. The number of halogens is 3. The lowest BCUT2D eigenvalue weighted by Gasteiger charge is -2.45. The number of sulfone groups is 1. The van der Waals surface area contributed by atoms with Gasteiger partial charge in [0.1, 0.15) is 0 Å². The molecule has 4 rings (SSSR count). The number of nitrogens with one attached hydrogen (secondary N) is 2. The van der Waals surface area contributed by atoms with Crippen LogP contribution in [0.4, 0.5) is 0 Å². The number of guanidine groups is 1. The third kappa shape index (κ3) is 4.85. The summed E-state index contributed by atoms with van der Waals surface area (Å²) in [6, 6.07) is 8.71. The summed E-state index contributed by atoms with van der Waals surface area (Å²) >= 11 is 12.7. The molecule has 33 heavy (non-hydrogen) atoms. The van der Waals surface area contributed by atoms with Crippen LogP contribution < -0.4 is 5.32 Å². The summed E-state index contributed by atoms with van der Waals surface area (Å²) in [6.07, 6.45) is 2.29. The molecular weight excluding hydrogens is 507 g/mol. The Labute approximate surface area is 209 Å². The Morgan fingerprint density at radius 2 is 1.97 bits per heavy atom. The van der Waals surface area contributed by atoms with Crippen LogP contribution in [0.15, 0.2) is 36.5 Å². The van der Waals surface area contributed by atoms with Crippen molar-refractivity contribution in [3.8, 4) is 11.3 Å². The van der Waals surface area contributed by atoms with Gasteiger partial charge in [-0.15, -0.1) is 12.4 Å². The van der Waals surface area contributed by atoms with E-state index in [1.807, 2.05) is 25.1 Å². The minimum absolute atomic E-state index is 0. The fourth-order valence-corrected chi connectivity index (χ4v) is 6.56. The maximum Gasteiger partial charge on any atom is 0.232 e. The highest BCUT2D eigenvalue weighted by molar-refractivity contribution is 7.92. The van der Waals surface area contributed by atoms with E-state index in [9.17, 15) is 13.2 Å². The summed E-state index contributed by atoms with van der Waals surface area (Å²) in [6.45, 7) is 3.50. The van der Waals surface area contributed by atoms with Crippen molar-refractivity contribution in [2.75, 3.05) is 5.75 Å². The van der Waals surface area contributed by atoms with Gasteiger partial charge in [0.25, 0.3) is 0 Å². The normalized spacial score (nSPS) is 27.0. The smallest absolute Gasteiger partial charge is 0.232 e. The number of rotatable bonds is 3. The van der Waals surface area contributed by atoms with Crippen LogP contribution in [-0.2, 0) is 20.2 Å². The molecule has 7 nitrogen and oxygen atoms in total. The van der Waals surface area contributed by atoms with Gasteiger partial charge in [-0.05, 0) is 44.4 Å². The maximum atomic E-state index is 13.2. The van der Waals surface area contributed by atoms with Crippen LogP contribution in [0.1, 0.15) is 38.7 Å². The van der Waals surface area contributed by atoms with Gasteiger partial charge in [0.15, 0.2) is 15.8 Å². The molecule has 3 atom stereocenters. The fraction of sp³-hybridized carbons (Fsp3) is 0.409. The molecule has 1 aromatic heterocycles. The zero-order chi connectivity index (χ0) is 23.3. The summed E-state index contributed by atoms with van der Waals surface area (Å²) in [5.74, 6) is -0.236. The average Bonchev–Trinajstić information content (AvgIpc) is 2.71. The van der Waals surface area contributed by atoms with Crippen LogP contribution in [0.25, 0.3) is 11.3 Å². The van der Waals surface area contributed by atoms with Gasteiger partial charge in [-0.1, -0.05) is 41.4 Å². The maximum absolute atomic E-state index is 13.2. The molecule has 0 bridgehead atoms. The third-order valence-corrected chi connectivity index (χ3v) is 9.18. The highest BCUT2D eigenvalue weighted by Crippen LogP contribution is 2.39. The molecule has 3 heterocycles. The number of pyridine rings is 1. The Kier molecular flexibility index (Phi) is 7.34. The predicted octanol–water partition coefficient (Wildman–Crippen LogP) is 4.41. The molecule has 1 aromatic carbocycles. The second-order valence-corrected chi connectivity index (χ2v) is 12.0. The lowest BCUT2D eigenvalue weighted by atomic mass is 9.84. The molecule has 11 heteroatoms. The standard InChI is InChI=1S/C22H24Cl2N4O3S.ClH/c1-13-10-15(8-9-32(13,30)31)28-19(29)11-22(2,27-21(28)25)17-5-3-4-16(20(17)24)18-7-6-14(23)12-26-18;/h3-7,12-13,15H,8-11H2,1-2H3,(H2,25,27);1H/t13-,15+,22-;/m0./s1. The number of carbonyl (C=O) groups is 1. The topological polar surface area (TPSA) is 103 Å². The second kappa shape index (κ2) is 9.41. The summed E-state index contributed by atoms with van der Waals surface area (Å²) in [5, 5.41) is 12.2. The lowest BCUT2D eigenvalue weighted by Crippen LogP contribution is -2.63. The molecule has 0 aliphatic carbocycles. The molecule has 0 saturated carbocycles. The van der Waals surface area contributed by atoms with E-state index >= 15 is 0 Å². The van der Waals surface area contributed by atoms with Gasteiger partial charge < -0.3 is 5.32 Å². The first-order valence-corrected chi connectivity index (χ1v) is 12.8. The minimum atomic E-state index is -3.13. The summed E-state index contributed by atoms with van der Waals surface area (Å²) in [4.78, 5) is 18.9. The van der Waals surface area contributed by atoms with Crippen LogP contribution in [0.5, 0.6) is 0 Å². The molecule has 2 aromatic rings. The number of hydrogen-bond acceptors (Lipinski definition) is 5. The molecule has 0 radical (unpaired) electrons. The molecule has 2 N–H and O–H groups in total. The van der Waals surface area contributed by atoms with E-state index in [-0.39, 0.29) is 42.5 Å². The fourth-order valence-electron chi connectivity index (χ4n) is 4.50. The Bertz CT molecular complexity index is 1170. The molecule has 0 spiro atoms. The van der Waals surface area contributed by atoms with E-state index in [1.54, 1.807) is 25.3 Å². The van der Waals surface area contributed by atoms with Crippen molar-refractivity contribution < 1.29 is 13.2 Å². The van der Waals surface area contributed by atoms with E-state index < -0.39 is 20.6 Å². The average molecular weight is 532 g/mol. The first kappa shape index (κ1) is 25.7. The van der Waals surface area contributed by atoms with E-state index in [0.29, 0.717) is 39.7 Å². The first-order valence-electron chi connectivity index (χ1n) is 10.3. The Hall–Kier alpha value is -1.87. The first-order chi connectivity index (χ1) is 15.0. The summed E-state index contributed by atoms with van der Waals surface area (Å²) in [7, 11) is -3.13. The van der Waals surface area contributed by atoms with Gasteiger partial charge in [-0.25, -0.2) is 8.42 Å². The molecule has 1 amide bonds. The van der Waals surface area contributed by atoms with Gasteiger partial charge in [0.2, 0.25) is 5.91 Å². The van der Waals surface area contributed by atoms with E-state index in [2.05, 4.69) is 10.3 Å². The SMILES string of the molecule is C[C@H]1C[C@H](N2C(=N)N[C@](C)(c3cccc(-c4ccc(Cl)cn4)c3Cl)CC2=O)CCS1(=O)=O.Cl. The van der Waals surface area contributed by atoms with Crippen molar-refractivity contribution in [2.45, 2.75) is 49.9 Å². The summed E-state index contributed by atoms with van der Waals surface area (Å²) in [5.41, 5.74) is 1.15. The Balaban J connectivity index is 0.00000306. The van der Waals surface area contributed by atoms with Gasteiger partial charge in [0.05, 0.1) is 38.7 Å². The highest BCUT2D eigenvalue weighted by Gasteiger charge is 2.45. The number of hydrogen-bond donors (Lipinski definition) is 2. The monoisotopic (exact) mass is 530 g/mol. The van der Waals surface area contributed by atoms with Crippen LogP contribution >= 0.6 is 35.6 Å². The zero-order valence-corrected chi connectivity index (χ0v) is 21.3. The molecule has 2 aliphatic heterocycles. The number of benzene rings is 1. The Morgan fingerprint density at radius 1 is 1.24 bits per heavy atom. The predicted molar refractivity (Wildman–Crippen MR) is 133 cm³/mol. The van der Waals surface area contributed by atoms with Crippen molar-refractivity contribution in [3.63, 3.8) is 0 Å². The van der Waals surface area contributed by atoms with Crippen molar-refractivity contribution >= 4 is 57.3 Å². The van der Waals surface area contributed by atoms with Crippen LogP contribution in [0.2, 0.25) is 10.0 Å². The minimum Gasteiger partial charge on any atom is -0.346 e. The molecule has 2 aliphatic rings. The molecule has 2 fully saturated rings. The molecular formula is C22H25Cl3N4O3S. The van der Waals surface area contributed by atoms with Crippen molar-refractivity contribution in [2.24, 2.45) is 0 Å². The second-order valence-electron chi connectivity index (χ2n) is 8.63. The number of carbonyl (C=O) groups excluding carboxylic acids is 1. The third-order valence-electron chi connectivity index (χ3n) is 6.32. The van der Waals surface area contributed by atoms with Crippen LogP contribution in [0.3, 0.4) is 0 Å². The molecule has 0 unspecified atom stereocenters. The number of amides is 1. The van der Waals surface area contributed by atoms with Crippen LogP contribution in [0, 0.1) is 5.41 Å². The van der Waals surface area contributed by atoms with Gasteiger partial charge in [-0.3, -0.25) is 20.1 Å². The molecule has 178 valence electrons. The van der Waals surface area contributed by atoms with E-state index in [4.69, 9.17) is 28.6 Å². The van der Waals surface area contributed by atoms with Crippen molar-refractivity contribution in [3.05, 3.63) is 52.1 Å². The van der Waals surface area contributed by atoms with E-state index in [1.165, 1.54) is 4.90 Å². The van der Waals surface area contributed by atoms with Crippen LogP contribution in [-0.4, -0.2) is 47.2 Å². The molecule has 2 saturated heterocycles.